The number of benzene rings is 3. The van der Waals surface area contributed by atoms with Crippen molar-refractivity contribution < 1.29 is 17.9 Å². The van der Waals surface area contributed by atoms with Crippen LogP contribution in [0.25, 0.3) is 0 Å². The Kier molecular flexibility index (Phi) is 6.01. The summed E-state index contributed by atoms with van der Waals surface area (Å²) in [5, 5.41) is 2.76. The predicted octanol–water partition coefficient (Wildman–Crippen LogP) is 4.51. The number of hydrogen-bond donors (Lipinski definition) is 2. The summed E-state index contributed by atoms with van der Waals surface area (Å²) in [6.45, 7) is 0. The van der Waals surface area contributed by atoms with Crippen LogP contribution in [0.15, 0.2) is 82.2 Å². The van der Waals surface area contributed by atoms with Crippen molar-refractivity contribution in [3.63, 3.8) is 0 Å². The molecule has 144 valence electrons. The molecule has 0 spiro atoms. The summed E-state index contributed by atoms with van der Waals surface area (Å²) in [5.41, 5.74) is 1.19. The highest BCUT2D eigenvalue weighted by Crippen LogP contribution is 2.21. The van der Waals surface area contributed by atoms with Crippen molar-refractivity contribution in [3.8, 4) is 5.75 Å². The molecule has 3 aromatic carbocycles. The van der Waals surface area contributed by atoms with E-state index in [1.807, 2.05) is 0 Å². The SMILES string of the molecule is COc1cccc(NC(=O)c2cccc(NS(=O)(=O)c3ccc(Br)cc3)c2)c1. The van der Waals surface area contributed by atoms with Crippen molar-refractivity contribution >= 4 is 43.2 Å². The van der Waals surface area contributed by atoms with Crippen molar-refractivity contribution in [2.24, 2.45) is 0 Å². The first-order valence-corrected chi connectivity index (χ1v) is 10.5. The molecule has 0 saturated heterocycles. The van der Waals surface area contributed by atoms with E-state index >= 15 is 0 Å². The van der Waals surface area contributed by atoms with Gasteiger partial charge in [-0.2, -0.15) is 0 Å². The summed E-state index contributed by atoms with van der Waals surface area (Å²) in [6.07, 6.45) is 0. The lowest BCUT2D eigenvalue weighted by atomic mass is 10.2. The fourth-order valence-electron chi connectivity index (χ4n) is 2.46. The third-order valence-electron chi connectivity index (χ3n) is 3.83. The zero-order chi connectivity index (χ0) is 20.1. The number of halogens is 1. The Hall–Kier alpha value is -2.84. The van der Waals surface area contributed by atoms with Gasteiger partial charge in [-0.1, -0.05) is 28.1 Å². The largest absolute Gasteiger partial charge is 0.497 e. The number of nitrogens with one attached hydrogen (secondary N) is 2. The summed E-state index contributed by atoms with van der Waals surface area (Å²) in [6, 6.07) is 19.5. The van der Waals surface area contributed by atoms with E-state index in [-0.39, 0.29) is 10.8 Å². The number of anilines is 2. The lowest BCUT2D eigenvalue weighted by molar-refractivity contribution is 0.102. The molecule has 28 heavy (non-hydrogen) atoms. The molecule has 0 atom stereocenters. The van der Waals surface area contributed by atoms with Crippen LogP contribution in [-0.2, 0) is 10.0 Å². The molecular formula is C20H17BrN2O4S. The van der Waals surface area contributed by atoms with E-state index < -0.39 is 10.0 Å². The number of ether oxygens (including phenoxy) is 1. The molecule has 0 bridgehead atoms. The van der Waals surface area contributed by atoms with Crippen LogP contribution in [0, 0.1) is 0 Å². The second kappa shape index (κ2) is 8.45. The van der Waals surface area contributed by atoms with E-state index in [1.54, 1.807) is 61.7 Å². The summed E-state index contributed by atoms with van der Waals surface area (Å²) >= 11 is 3.27. The lowest BCUT2D eigenvalue weighted by Gasteiger charge is -2.10. The molecule has 8 heteroatoms. The van der Waals surface area contributed by atoms with Gasteiger partial charge < -0.3 is 10.1 Å². The first-order valence-electron chi connectivity index (χ1n) is 8.21. The van der Waals surface area contributed by atoms with Gasteiger partial charge in [-0.3, -0.25) is 9.52 Å². The molecule has 1 amide bonds. The fourth-order valence-corrected chi connectivity index (χ4v) is 3.77. The third-order valence-corrected chi connectivity index (χ3v) is 5.75. The van der Waals surface area contributed by atoms with E-state index in [2.05, 4.69) is 26.0 Å². The number of carbonyl (C=O) groups is 1. The van der Waals surface area contributed by atoms with Crippen molar-refractivity contribution in [2.75, 3.05) is 17.1 Å². The van der Waals surface area contributed by atoms with Gasteiger partial charge in [0, 0.05) is 27.5 Å². The van der Waals surface area contributed by atoms with Crippen LogP contribution in [0.3, 0.4) is 0 Å². The Morgan fingerprint density at radius 2 is 1.61 bits per heavy atom. The quantitative estimate of drug-likeness (QED) is 0.566. The maximum Gasteiger partial charge on any atom is 0.261 e. The molecule has 6 nitrogen and oxygen atoms in total. The zero-order valence-corrected chi connectivity index (χ0v) is 17.2. The van der Waals surface area contributed by atoms with Crippen LogP contribution in [-0.4, -0.2) is 21.4 Å². The van der Waals surface area contributed by atoms with Gasteiger partial charge in [-0.25, -0.2) is 8.42 Å². The number of sulfonamides is 1. The van der Waals surface area contributed by atoms with Crippen LogP contribution in [0.1, 0.15) is 10.4 Å². The van der Waals surface area contributed by atoms with Gasteiger partial charge in [-0.05, 0) is 54.6 Å². The number of carbonyl (C=O) groups excluding carboxylic acids is 1. The van der Waals surface area contributed by atoms with Crippen molar-refractivity contribution in [2.45, 2.75) is 4.90 Å². The normalized spacial score (nSPS) is 10.9. The first-order chi connectivity index (χ1) is 13.4. The van der Waals surface area contributed by atoms with E-state index in [0.29, 0.717) is 22.7 Å². The van der Waals surface area contributed by atoms with E-state index in [1.165, 1.54) is 18.2 Å². The molecule has 2 N–H and O–H groups in total. The van der Waals surface area contributed by atoms with Gasteiger partial charge in [-0.15, -0.1) is 0 Å². The van der Waals surface area contributed by atoms with Crippen LogP contribution in [0.4, 0.5) is 11.4 Å². The highest BCUT2D eigenvalue weighted by molar-refractivity contribution is 9.10. The highest BCUT2D eigenvalue weighted by atomic mass is 79.9. The maximum absolute atomic E-state index is 12.5. The van der Waals surface area contributed by atoms with Gasteiger partial charge in [0.05, 0.1) is 12.0 Å². The average molecular weight is 461 g/mol. The number of methoxy groups -OCH3 is 1. The monoisotopic (exact) mass is 460 g/mol. The molecule has 3 aromatic rings. The van der Waals surface area contributed by atoms with E-state index in [9.17, 15) is 13.2 Å². The van der Waals surface area contributed by atoms with Gasteiger partial charge in [0.15, 0.2) is 0 Å². The minimum Gasteiger partial charge on any atom is -0.497 e. The smallest absolute Gasteiger partial charge is 0.261 e. The molecule has 0 radical (unpaired) electrons. The van der Waals surface area contributed by atoms with Gasteiger partial charge in [0.25, 0.3) is 15.9 Å². The molecule has 3 rings (SSSR count). The van der Waals surface area contributed by atoms with Gasteiger partial charge in [0.2, 0.25) is 0 Å². The van der Waals surface area contributed by atoms with Gasteiger partial charge in [0.1, 0.15) is 5.75 Å². The van der Waals surface area contributed by atoms with Crippen molar-refractivity contribution in [1.29, 1.82) is 0 Å². The second-order valence-electron chi connectivity index (χ2n) is 5.83. The lowest BCUT2D eigenvalue weighted by Crippen LogP contribution is -2.15. The zero-order valence-electron chi connectivity index (χ0n) is 14.8. The number of hydrogen-bond acceptors (Lipinski definition) is 4. The third kappa shape index (κ3) is 4.90. The van der Waals surface area contributed by atoms with Crippen LogP contribution >= 0.6 is 15.9 Å². The minimum absolute atomic E-state index is 0.127. The predicted molar refractivity (Wildman–Crippen MR) is 112 cm³/mol. The minimum atomic E-state index is -3.76. The van der Waals surface area contributed by atoms with E-state index in [0.717, 1.165) is 4.47 Å². The maximum atomic E-state index is 12.5. The molecular weight excluding hydrogens is 444 g/mol. The van der Waals surface area contributed by atoms with Crippen molar-refractivity contribution in [3.05, 3.63) is 82.8 Å². The number of rotatable bonds is 6. The Morgan fingerprint density at radius 3 is 2.32 bits per heavy atom. The summed E-state index contributed by atoms with van der Waals surface area (Å²) in [5.74, 6) is 0.256. The van der Waals surface area contributed by atoms with Crippen LogP contribution < -0.4 is 14.8 Å². The molecule has 0 heterocycles. The van der Waals surface area contributed by atoms with Gasteiger partial charge >= 0.3 is 0 Å². The second-order valence-corrected chi connectivity index (χ2v) is 8.42. The summed E-state index contributed by atoms with van der Waals surface area (Å²) in [4.78, 5) is 12.6. The fraction of sp³-hybridized carbons (Fsp3) is 0.0500. The molecule has 0 aliphatic rings. The topological polar surface area (TPSA) is 84.5 Å². The van der Waals surface area contributed by atoms with E-state index in [4.69, 9.17) is 4.74 Å². The molecule has 0 saturated carbocycles. The summed E-state index contributed by atoms with van der Waals surface area (Å²) < 4.78 is 33.4. The van der Waals surface area contributed by atoms with Crippen LogP contribution in [0.5, 0.6) is 5.75 Å². The standard InChI is InChI=1S/C20H17BrN2O4S/c1-27-18-7-3-5-16(13-18)22-20(24)14-4-2-6-17(12-14)23-28(25,26)19-10-8-15(21)9-11-19/h2-13,23H,1H3,(H,22,24). The van der Waals surface area contributed by atoms with Crippen molar-refractivity contribution in [1.82, 2.24) is 0 Å². The molecule has 0 unspecified atom stereocenters. The number of amides is 1. The van der Waals surface area contributed by atoms with Crippen LogP contribution in [0.2, 0.25) is 0 Å². The molecule has 0 aliphatic heterocycles. The first kappa shape index (κ1) is 19.9. The molecule has 0 fully saturated rings. The Bertz CT molecular complexity index is 1100. The Morgan fingerprint density at radius 1 is 0.929 bits per heavy atom. The average Bonchev–Trinajstić information content (AvgIpc) is 2.68. The molecule has 0 aliphatic carbocycles. The highest BCUT2D eigenvalue weighted by Gasteiger charge is 2.15. The Balaban J connectivity index is 1.77. The Labute approximate surface area is 171 Å². The molecule has 0 aromatic heterocycles. The summed E-state index contributed by atoms with van der Waals surface area (Å²) in [7, 11) is -2.22.